The van der Waals surface area contributed by atoms with Crippen LogP contribution >= 0.6 is 11.8 Å². The zero-order valence-corrected chi connectivity index (χ0v) is 13.0. The molecule has 2 heterocycles. The highest BCUT2D eigenvalue weighted by Crippen LogP contribution is 2.37. The monoisotopic (exact) mass is 300 g/mol. The molecule has 21 heavy (non-hydrogen) atoms. The van der Waals surface area contributed by atoms with Gasteiger partial charge in [-0.25, -0.2) is 9.78 Å². The van der Waals surface area contributed by atoms with E-state index in [1.54, 1.807) is 17.8 Å². The molecule has 0 aliphatic carbocycles. The Balaban J connectivity index is 1.79. The van der Waals surface area contributed by atoms with Gasteiger partial charge in [0.2, 0.25) is 5.56 Å². The molecule has 108 valence electrons. The molecule has 0 radical (unpaired) electrons. The number of benzene rings is 1. The summed E-state index contributed by atoms with van der Waals surface area (Å²) < 4.78 is 5.55. The van der Waals surface area contributed by atoms with Crippen molar-refractivity contribution in [1.82, 2.24) is 9.88 Å². The number of aromatic nitrogens is 1. The van der Waals surface area contributed by atoms with Gasteiger partial charge in [-0.15, -0.1) is 0 Å². The number of rotatable bonds is 2. The highest BCUT2D eigenvalue weighted by molar-refractivity contribution is 8.03. The maximum absolute atomic E-state index is 12.3. The van der Waals surface area contributed by atoms with Gasteiger partial charge in [-0.1, -0.05) is 36.0 Å². The van der Waals surface area contributed by atoms with Crippen molar-refractivity contribution in [1.29, 1.82) is 0 Å². The quantitative estimate of drug-likeness (QED) is 0.793. The minimum Gasteiger partial charge on any atom is -0.427 e. The number of esters is 1. The van der Waals surface area contributed by atoms with Gasteiger partial charge in [0.1, 0.15) is 5.69 Å². The van der Waals surface area contributed by atoms with Gasteiger partial charge < -0.3 is 9.64 Å². The summed E-state index contributed by atoms with van der Waals surface area (Å²) in [5, 5.41) is 1.01. The summed E-state index contributed by atoms with van der Waals surface area (Å²) in [4.78, 5) is 19.7. The Morgan fingerprint density at radius 1 is 1.24 bits per heavy atom. The van der Waals surface area contributed by atoms with E-state index in [1.165, 1.54) is 4.91 Å². The molecule has 0 amide bonds. The van der Waals surface area contributed by atoms with E-state index in [1.807, 2.05) is 56.1 Å². The van der Waals surface area contributed by atoms with Crippen LogP contribution in [0.2, 0.25) is 0 Å². The molecule has 0 saturated heterocycles. The van der Waals surface area contributed by atoms with Gasteiger partial charge in [-0.2, -0.15) is 0 Å². The summed E-state index contributed by atoms with van der Waals surface area (Å²) in [5.41, 5.74) is 1.95. The van der Waals surface area contributed by atoms with Crippen molar-refractivity contribution < 1.29 is 9.53 Å². The van der Waals surface area contributed by atoms with Crippen LogP contribution < -0.4 is 0 Å². The van der Waals surface area contributed by atoms with E-state index in [-0.39, 0.29) is 5.56 Å². The summed E-state index contributed by atoms with van der Waals surface area (Å²) in [5.74, 6) is -0.396. The van der Waals surface area contributed by atoms with Crippen LogP contribution in [0.4, 0.5) is 0 Å². The number of hydrogen-bond acceptors (Lipinski definition) is 5. The van der Waals surface area contributed by atoms with Crippen LogP contribution in [0, 0.1) is 0 Å². The summed E-state index contributed by atoms with van der Waals surface area (Å²) in [6.45, 7) is 4.04. The lowest BCUT2D eigenvalue weighted by molar-refractivity contribution is 0.0235. The van der Waals surface area contributed by atoms with Crippen LogP contribution in [-0.2, 0) is 4.74 Å². The van der Waals surface area contributed by atoms with E-state index in [4.69, 9.17) is 4.74 Å². The summed E-state index contributed by atoms with van der Waals surface area (Å²) in [6, 6.07) is 11.3. The number of nitrogens with zero attached hydrogens (tertiary/aromatic N) is 2. The molecule has 1 aromatic heterocycles. The lowest BCUT2D eigenvalue weighted by atomic mass is 10.2. The summed E-state index contributed by atoms with van der Waals surface area (Å²) in [7, 11) is 1.92. The smallest absolute Gasteiger partial charge is 0.359 e. The normalized spacial score (nSPS) is 18.4. The van der Waals surface area contributed by atoms with E-state index < -0.39 is 5.97 Å². The number of carbonyl (C=O) groups excluding carboxylic acids is 1. The lowest BCUT2D eigenvalue weighted by Gasteiger charge is -2.22. The molecular formula is C16H16N2O2S. The second-order valence-corrected chi connectivity index (χ2v) is 6.22. The molecule has 0 bridgehead atoms. The molecule has 3 rings (SSSR count). The molecule has 1 aliphatic heterocycles. The zero-order valence-electron chi connectivity index (χ0n) is 12.2. The van der Waals surface area contributed by atoms with Crippen molar-refractivity contribution in [2.75, 3.05) is 7.05 Å². The Bertz CT molecular complexity index is 742. The number of fused-ring (bicyclic) bond motifs is 1. The molecule has 2 aromatic rings. The van der Waals surface area contributed by atoms with Crippen molar-refractivity contribution in [3.05, 3.63) is 52.7 Å². The Morgan fingerprint density at radius 3 is 2.71 bits per heavy atom. The third-order valence-electron chi connectivity index (χ3n) is 3.65. The first-order valence-electron chi connectivity index (χ1n) is 6.70. The Kier molecular flexibility index (Phi) is 3.59. The third kappa shape index (κ3) is 2.61. The predicted molar refractivity (Wildman–Crippen MR) is 84.7 cm³/mol. The number of allylic oxidation sites excluding steroid dienone is 2. The molecule has 4 nitrogen and oxygen atoms in total. The molecule has 0 fully saturated rings. The van der Waals surface area contributed by atoms with Crippen molar-refractivity contribution in [3.8, 4) is 0 Å². The summed E-state index contributed by atoms with van der Waals surface area (Å²) in [6.07, 6.45) is 0. The number of thioether (sulfide) groups is 1. The molecule has 0 spiro atoms. The predicted octanol–water partition coefficient (Wildman–Crippen LogP) is 3.61. The fourth-order valence-electron chi connectivity index (χ4n) is 2.16. The molecule has 5 heteroatoms. The molecule has 0 saturated carbocycles. The fraction of sp³-hybridized carbons (Fsp3) is 0.250. The van der Waals surface area contributed by atoms with Crippen molar-refractivity contribution >= 4 is 28.6 Å². The van der Waals surface area contributed by atoms with Gasteiger partial charge in [-0.05, 0) is 26.0 Å². The largest absolute Gasteiger partial charge is 0.427 e. The Morgan fingerprint density at radius 2 is 2.00 bits per heavy atom. The van der Waals surface area contributed by atoms with Crippen molar-refractivity contribution in [2.45, 2.75) is 19.4 Å². The molecule has 0 N–H and O–H groups in total. The Hall–Kier alpha value is -2.01. The van der Waals surface area contributed by atoms with E-state index in [9.17, 15) is 4.79 Å². The average Bonchev–Trinajstić information content (AvgIpc) is 2.74. The molecule has 1 aromatic carbocycles. The fourth-order valence-corrected chi connectivity index (χ4v) is 3.23. The van der Waals surface area contributed by atoms with Gasteiger partial charge in [0.25, 0.3) is 0 Å². The number of hydrogen-bond donors (Lipinski definition) is 0. The number of carbonyl (C=O) groups is 1. The zero-order chi connectivity index (χ0) is 15.0. The standard InChI is InChI=1S/C16H16N2O2S/c1-10-11(2)21-16(18(10)3)20-15(19)14-9-8-12-6-4-5-7-13(12)17-14/h4-9,16H,1-3H3. The summed E-state index contributed by atoms with van der Waals surface area (Å²) >= 11 is 1.54. The maximum atomic E-state index is 12.3. The van der Waals surface area contributed by atoms with Crippen LogP contribution in [0.25, 0.3) is 10.9 Å². The SMILES string of the molecule is CC1=C(C)N(C)C(OC(=O)c2ccc3ccccc3n2)S1. The first kappa shape index (κ1) is 13.9. The minimum absolute atomic E-state index is 0.314. The average molecular weight is 300 g/mol. The van der Waals surface area contributed by atoms with Gasteiger partial charge in [0.05, 0.1) is 5.52 Å². The first-order chi connectivity index (χ1) is 10.1. The second-order valence-electron chi connectivity index (χ2n) is 4.97. The van der Waals surface area contributed by atoms with Crippen molar-refractivity contribution in [3.63, 3.8) is 0 Å². The van der Waals surface area contributed by atoms with E-state index >= 15 is 0 Å². The van der Waals surface area contributed by atoms with Crippen LogP contribution in [-0.4, -0.2) is 28.5 Å². The van der Waals surface area contributed by atoms with Crippen LogP contribution in [0.5, 0.6) is 0 Å². The third-order valence-corrected chi connectivity index (χ3v) is 4.91. The number of ether oxygens (including phenoxy) is 1. The van der Waals surface area contributed by atoms with E-state index in [0.29, 0.717) is 5.69 Å². The van der Waals surface area contributed by atoms with E-state index in [0.717, 1.165) is 16.6 Å². The molecular weight excluding hydrogens is 284 g/mol. The Labute approximate surface area is 127 Å². The minimum atomic E-state index is -0.396. The number of pyridine rings is 1. The van der Waals surface area contributed by atoms with Gasteiger partial charge in [-0.3, -0.25) is 0 Å². The van der Waals surface area contributed by atoms with Crippen LogP contribution in [0.15, 0.2) is 47.0 Å². The van der Waals surface area contributed by atoms with Gasteiger partial charge >= 0.3 is 5.97 Å². The molecule has 1 aliphatic rings. The molecule has 1 unspecified atom stereocenters. The maximum Gasteiger partial charge on any atom is 0.359 e. The van der Waals surface area contributed by atoms with Crippen molar-refractivity contribution in [2.24, 2.45) is 0 Å². The topological polar surface area (TPSA) is 42.4 Å². The van der Waals surface area contributed by atoms with E-state index in [2.05, 4.69) is 4.98 Å². The lowest BCUT2D eigenvalue weighted by Crippen LogP contribution is -2.28. The number of para-hydroxylation sites is 1. The highest BCUT2D eigenvalue weighted by atomic mass is 32.2. The van der Waals surface area contributed by atoms with Crippen LogP contribution in [0.1, 0.15) is 24.3 Å². The first-order valence-corrected chi connectivity index (χ1v) is 7.58. The van der Waals surface area contributed by atoms with Gasteiger partial charge in [0.15, 0.2) is 0 Å². The second kappa shape index (κ2) is 5.41. The molecule has 1 atom stereocenters. The van der Waals surface area contributed by atoms with Gasteiger partial charge in [0, 0.05) is 23.0 Å². The highest BCUT2D eigenvalue weighted by Gasteiger charge is 2.29. The van der Waals surface area contributed by atoms with Crippen LogP contribution in [0.3, 0.4) is 0 Å².